The van der Waals surface area contributed by atoms with Gasteiger partial charge in [-0.25, -0.2) is 18.4 Å². The van der Waals surface area contributed by atoms with Gasteiger partial charge in [-0.3, -0.25) is 9.52 Å². The SMILES string of the molecule is COC(=O)CS(=O)(=O)Nc1ncnc(Cl)c1Cl. The highest BCUT2D eigenvalue weighted by Gasteiger charge is 2.19. The van der Waals surface area contributed by atoms with Gasteiger partial charge in [0.2, 0.25) is 10.0 Å². The van der Waals surface area contributed by atoms with Gasteiger partial charge in [-0.1, -0.05) is 23.2 Å². The number of halogens is 2. The number of hydrogen-bond donors (Lipinski definition) is 1. The van der Waals surface area contributed by atoms with Gasteiger partial charge in [0.15, 0.2) is 16.7 Å². The molecule has 0 saturated heterocycles. The Morgan fingerprint density at radius 2 is 2.12 bits per heavy atom. The van der Waals surface area contributed by atoms with Crippen LogP contribution in [0.3, 0.4) is 0 Å². The zero-order chi connectivity index (χ0) is 13.1. The number of nitrogens with zero attached hydrogens (tertiary/aromatic N) is 2. The molecule has 1 aromatic rings. The van der Waals surface area contributed by atoms with Crippen molar-refractivity contribution in [2.75, 3.05) is 17.6 Å². The molecule has 1 rings (SSSR count). The fourth-order valence-electron chi connectivity index (χ4n) is 0.817. The van der Waals surface area contributed by atoms with Crippen molar-refractivity contribution in [3.05, 3.63) is 16.5 Å². The van der Waals surface area contributed by atoms with E-state index in [-0.39, 0.29) is 16.0 Å². The Hall–Kier alpha value is -1.12. The van der Waals surface area contributed by atoms with Gasteiger partial charge in [-0.05, 0) is 0 Å². The van der Waals surface area contributed by atoms with E-state index >= 15 is 0 Å². The zero-order valence-corrected chi connectivity index (χ0v) is 10.8. The summed E-state index contributed by atoms with van der Waals surface area (Å²) in [6, 6.07) is 0. The lowest BCUT2D eigenvalue weighted by molar-refractivity contribution is -0.137. The van der Waals surface area contributed by atoms with Crippen molar-refractivity contribution >= 4 is 45.0 Å². The van der Waals surface area contributed by atoms with Gasteiger partial charge in [-0.2, -0.15) is 0 Å². The van der Waals surface area contributed by atoms with Crippen molar-refractivity contribution in [1.29, 1.82) is 0 Å². The van der Waals surface area contributed by atoms with Gasteiger partial charge in [0.05, 0.1) is 7.11 Å². The Morgan fingerprint density at radius 1 is 1.47 bits per heavy atom. The van der Waals surface area contributed by atoms with E-state index in [0.29, 0.717) is 0 Å². The monoisotopic (exact) mass is 299 g/mol. The summed E-state index contributed by atoms with van der Waals surface area (Å²) >= 11 is 11.2. The second-order valence-corrected chi connectivity index (χ2v) is 5.22. The highest BCUT2D eigenvalue weighted by Crippen LogP contribution is 2.25. The van der Waals surface area contributed by atoms with Crippen molar-refractivity contribution in [2.45, 2.75) is 0 Å². The number of ether oxygens (including phenoxy) is 1. The van der Waals surface area contributed by atoms with E-state index in [1.165, 1.54) is 0 Å². The Morgan fingerprint density at radius 3 is 2.71 bits per heavy atom. The predicted octanol–water partition coefficient (Wildman–Crippen LogP) is 0.698. The molecule has 0 spiro atoms. The number of hydrogen-bond acceptors (Lipinski definition) is 6. The first-order valence-corrected chi connectivity index (χ1v) is 6.50. The minimum Gasteiger partial charge on any atom is -0.468 e. The number of sulfonamides is 1. The minimum atomic E-state index is -3.94. The first-order valence-electron chi connectivity index (χ1n) is 4.09. The Bertz CT molecular complexity index is 534. The van der Waals surface area contributed by atoms with Crippen molar-refractivity contribution in [1.82, 2.24) is 9.97 Å². The lowest BCUT2D eigenvalue weighted by Crippen LogP contribution is -2.24. The van der Waals surface area contributed by atoms with Crippen molar-refractivity contribution in [2.24, 2.45) is 0 Å². The number of carbonyl (C=O) groups is 1. The molecule has 1 N–H and O–H groups in total. The lowest BCUT2D eigenvalue weighted by atomic mass is 10.6. The molecule has 1 aromatic heterocycles. The van der Waals surface area contributed by atoms with E-state index in [0.717, 1.165) is 13.4 Å². The number of nitrogens with one attached hydrogen (secondary N) is 1. The van der Waals surface area contributed by atoms with Crippen molar-refractivity contribution in [3.63, 3.8) is 0 Å². The fourth-order valence-corrected chi connectivity index (χ4v) is 2.10. The summed E-state index contributed by atoms with van der Waals surface area (Å²) < 4.78 is 29.1. The Balaban J connectivity index is 2.91. The number of carbonyl (C=O) groups excluding carboxylic acids is 1. The van der Waals surface area contributed by atoms with Crippen LogP contribution in [-0.2, 0) is 19.6 Å². The topological polar surface area (TPSA) is 98.2 Å². The molecule has 94 valence electrons. The standard InChI is InChI=1S/C7H7Cl2N3O4S/c1-16-4(13)2-17(14,15)12-7-5(8)6(9)10-3-11-7/h3H,2H2,1H3,(H,10,11,12). The highest BCUT2D eigenvalue weighted by molar-refractivity contribution is 7.93. The molecule has 0 radical (unpaired) electrons. The molecular weight excluding hydrogens is 293 g/mol. The molecule has 0 bridgehead atoms. The Labute approximate surface area is 107 Å². The molecule has 0 aromatic carbocycles. The van der Waals surface area contributed by atoms with Crippen molar-refractivity contribution < 1.29 is 17.9 Å². The van der Waals surface area contributed by atoms with Crippen LogP contribution < -0.4 is 4.72 Å². The van der Waals surface area contributed by atoms with Gasteiger partial charge in [0, 0.05) is 0 Å². The molecule has 7 nitrogen and oxygen atoms in total. The largest absolute Gasteiger partial charge is 0.468 e. The van der Waals surface area contributed by atoms with E-state index in [1.807, 2.05) is 4.72 Å². The van der Waals surface area contributed by atoms with E-state index in [2.05, 4.69) is 14.7 Å². The number of methoxy groups -OCH3 is 1. The average molecular weight is 300 g/mol. The second-order valence-electron chi connectivity index (χ2n) is 2.76. The molecular formula is C7H7Cl2N3O4S. The third-order valence-electron chi connectivity index (χ3n) is 1.53. The van der Waals surface area contributed by atoms with Crippen LogP contribution in [-0.4, -0.2) is 37.2 Å². The maximum atomic E-state index is 11.5. The summed E-state index contributed by atoms with van der Waals surface area (Å²) in [6.45, 7) is 0. The fraction of sp³-hybridized carbons (Fsp3) is 0.286. The third-order valence-corrected chi connectivity index (χ3v) is 3.40. The van der Waals surface area contributed by atoms with Crippen molar-refractivity contribution in [3.8, 4) is 0 Å². The van der Waals surface area contributed by atoms with Gasteiger partial charge in [0.1, 0.15) is 11.3 Å². The molecule has 0 aliphatic rings. The zero-order valence-electron chi connectivity index (χ0n) is 8.48. The summed E-state index contributed by atoms with van der Waals surface area (Å²) in [7, 11) is -2.87. The molecule has 10 heteroatoms. The molecule has 0 aliphatic heterocycles. The summed E-state index contributed by atoms with van der Waals surface area (Å²) in [5.41, 5.74) is 0. The summed E-state index contributed by atoms with van der Waals surface area (Å²) in [4.78, 5) is 18.0. The second kappa shape index (κ2) is 5.48. The molecule has 0 atom stereocenters. The van der Waals surface area contributed by atoms with E-state index in [4.69, 9.17) is 23.2 Å². The van der Waals surface area contributed by atoms with Crippen LogP contribution in [0.15, 0.2) is 6.33 Å². The Kier molecular flexibility index (Phi) is 4.49. The van der Waals surface area contributed by atoms with E-state index < -0.39 is 21.7 Å². The molecule has 0 amide bonds. The van der Waals surface area contributed by atoms with Gasteiger partial charge >= 0.3 is 5.97 Å². The minimum absolute atomic E-state index is 0.0996. The van der Waals surface area contributed by atoms with Crippen LogP contribution in [0.2, 0.25) is 10.2 Å². The van der Waals surface area contributed by atoms with Crippen LogP contribution in [0.25, 0.3) is 0 Å². The van der Waals surface area contributed by atoms with Crippen LogP contribution in [0.1, 0.15) is 0 Å². The number of rotatable bonds is 4. The predicted molar refractivity (Wildman–Crippen MR) is 61.5 cm³/mol. The van der Waals surface area contributed by atoms with Gasteiger partial charge in [0.25, 0.3) is 0 Å². The molecule has 0 aliphatic carbocycles. The van der Waals surface area contributed by atoms with Gasteiger partial charge in [-0.15, -0.1) is 0 Å². The number of esters is 1. The molecule has 17 heavy (non-hydrogen) atoms. The first kappa shape index (κ1) is 13.9. The molecule has 0 unspecified atom stereocenters. The third kappa shape index (κ3) is 3.99. The average Bonchev–Trinajstić information content (AvgIpc) is 2.23. The smallest absolute Gasteiger partial charge is 0.322 e. The van der Waals surface area contributed by atoms with Crippen LogP contribution in [0.4, 0.5) is 5.82 Å². The first-order chi connectivity index (χ1) is 7.85. The lowest BCUT2D eigenvalue weighted by Gasteiger charge is -2.07. The quantitative estimate of drug-likeness (QED) is 0.649. The van der Waals surface area contributed by atoms with E-state index in [1.54, 1.807) is 0 Å². The summed E-state index contributed by atoms with van der Waals surface area (Å²) in [6.07, 6.45) is 1.03. The summed E-state index contributed by atoms with van der Waals surface area (Å²) in [5.74, 6) is -1.95. The molecule has 1 heterocycles. The number of aromatic nitrogens is 2. The maximum Gasteiger partial charge on any atom is 0.322 e. The number of anilines is 1. The molecule has 0 fully saturated rings. The summed E-state index contributed by atoms with van der Waals surface area (Å²) in [5, 5.41) is -0.250. The normalized spacial score (nSPS) is 11.0. The highest BCUT2D eigenvalue weighted by atomic mass is 35.5. The maximum absolute atomic E-state index is 11.5. The van der Waals surface area contributed by atoms with Gasteiger partial charge < -0.3 is 4.74 Å². The van der Waals surface area contributed by atoms with Crippen LogP contribution >= 0.6 is 23.2 Å². The van der Waals surface area contributed by atoms with Crippen LogP contribution in [0.5, 0.6) is 0 Å². The van der Waals surface area contributed by atoms with Crippen LogP contribution in [0, 0.1) is 0 Å². The molecule has 0 saturated carbocycles. The van der Waals surface area contributed by atoms with E-state index in [9.17, 15) is 13.2 Å².